The highest BCUT2D eigenvalue weighted by Gasteiger charge is 2.67. The highest BCUT2D eigenvalue weighted by Crippen LogP contribution is 2.52. The van der Waals surface area contributed by atoms with Crippen molar-refractivity contribution in [2.45, 2.75) is 107 Å². The Kier molecular flexibility index (Phi) is 6.85. The van der Waals surface area contributed by atoms with Crippen molar-refractivity contribution < 1.29 is 36.0 Å². The number of halogens is 2. The zero-order chi connectivity index (χ0) is 28.5. The van der Waals surface area contributed by atoms with Crippen LogP contribution in [0, 0.1) is 5.82 Å². The van der Waals surface area contributed by atoms with Crippen LogP contribution in [-0.2, 0) is 29.4 Å². The number of fused-ring (bicyclic) bond motifs is 2. The lowest BCUT2D eigenvalue weighted by atomic mass is 9.75. The Bertz CT molecular complexity index is 1280. The summed E-state index contributed by atoms with van der Waals surface area (Å²) in [5.41, 5.74) is -3.27. The van der Waals surface area contributed by atoms with Gasteiger partial charge in [0, 0.05) is 5.56 Å². The maximum Gasteiger partial charge on any atom is 0.494 e. The summed E-state index contributed by atoms with van der Waals surface area (Å²) in [5.74, 6) is -1.05. The summed E-state index contributed by atoms with van der Waals surface area (Å²) in [6.07, 6.45) is -0.333. The van der Waals surface area contributed by atoms with Crippen molar-refractivity contribution in [3.8, 4) is 0 Å². The SMILES string of the molecule is CCC1(C)OB(c2ccc(F)c([C@@]3(C)N=C(NC(=O)OC(C)(C)C)C4(CF)CCC3S4(=O)=O)c2)OC1(C)C. The number of ether oxygens (including phenoxy) is 1. The number of benzene rings is 1. The molecular formula is C26H37BF2N2O6S. The highest BCUT2D eigenvalue weighted by atomic mass is 32.2. The molecular weight excluding hydrogens is 517 g/mol. The number of amidine groups is 1. The molecule has 1 aromatic rings. The Hall–Kier alpha value is -2.05. The summed E-state index contributed by atoms with van der Waals surface area (Å²) in [6, 6.07) is 4.26. The van der Waals surface area contributed by atoms with Crippen LogP contribution in [0.25, 0.3) is 0 Å². The molecule has 2 saturated heterocycles. The van der Waals surface area contributed by atoms with Gasteiger partial charge in [0.25, 0.3) is 0 Å². The van der Waals surface area contributed by atoms with Crippen LogP contribution < -0.4 is 10.8 Å². The summed E-state index contributed by atoms with van der Waals surface area (Å²) in [7, 11) is -5.04. The normalized spacial score (nSPS) is 33.7. The molecule has 210 valence electrons. The monoisotopic (exact) mass is 554 g/mol. The molecule has 4 atom stereocenters. The number of nitrogens with zero attached hydrogens (tertiary/aromatic N) is 1. The molecule has 4 rings (SSSR count). The van der Waals surface area contributed by atoms with E-state index in [4.69, 9.17) is 14.0 Å². The lowest BCUT2D eigenvalue weighted by Crippen LogP contribution is -2.61. The number of hydrogen-bond acceptors (Lipinski definition) is 7. The number of nitrogens with one attached hydrogen (secondary N) is 1. The standard InChI is InChI=1S/C26H37BF2N2O6S/c1-9-24(7)23(5,6)36-27(37-24)16-10-11-18(29)17(14-16)25(8)19-12-13-26(15-28,38(19,33)34)20(31-25)30-21(32)35-22(2,3)4/h10-11,14,19H,9,12-13,15H2,1-8H3,(H,30,31,32)/t19?,24?,25-,26?/m1/s1. The van der Waals surface area contributed by atoms with E-state index in [1.54, 1.807) is 20.8 Å². The van der Waals surface area contributed by atoms with Crippen LogP contribution in [0.1, 0.15) is 80.2 Å². The number of hydrogen-bond donors (Lipinski definition) is 1. The van der Waals surface area contributed by atoms with E-state index in [-0.39, 0.29) is 24.2 Å². The van der Waals surface area contributed by atoms with Gasteiger partial charge in [-0.15, -0.1) is 0 Å². The van der Waals surface area contributed by atoms with E-state index in [9.17, 15) is 17.6 Å². The van der Waals surface area contributed by atoms with Gasteiger partial charge in [-0.25, -0.2) is 22.0 Å². The lowest BCUT2D eigenvalue weighted by Gasteiger charge is -2.41. The van der Waals surface area contributed by atoms with Crippen LogP contribution in [0.4, 0.5) is 13.6 Å². The van der Waals surface area contributed by atoms with Crippen LogP contribution in [-0.4, -0.2) is 60.9 Å². The number of amides is 1. The smallest absolute Gasteiger partial charge is 0.444 e. The number of carbonyl (C=O) groups is 1. The maximum atomic E-state index is 15.5. The van der Waals surface area contributed by atoms with Crippen molar-refractivity contribution in [2.24, 2.45) is 4.99 Å². The Labute approximate surface area is 224 Å². The zero-order valence-electron chi connectivity index (χ0n) is 23.3. The molecule has 0 radical (unpaired) electrons. The fraction of sp³-hybridized carbons (Fsp3) is 0.692. The summed E-state index contributed by atoms with van der Waals surface area (Å²) in [6.45, 7) is 12.9. The number of aliphatic imine (C=N–C) groups is 1. The molecule has 8 nitrogen and oxygen atoms in total. The minimum Gasteiger partial charge on any atom is -0.444 e. The first-order valence-electron chi connectivity index (χ1n) is 12.9. The summed E-state index contributed by atoms with van der Waals surface area (Å²) in [4.78, 5) is 17.2. The average molecular weight is 554 g/mol. The van der Waals surface area contributed by atoms with Crippen molar-refractivity contribution in [1.82, 2.24) is 5.32 Å². The first-order valence-corrected chi connectivity index (χ1v) is 14.5. The van der Waals surface area contributed by atoms with Crippen molar-refractivity contribution in [3.63, 3.8) is 0 Å². The van der Waals surface area contributed by atoms with Gasteiger partial charge < -0.3 is 14.0 Å². The van der Waals surface area contributed by atoms with Crippen LogP contribution in [0.3, 0.4) is 0 Å². The van der Waals surface area contributed by atoms with E-state index in [1.165, 1.54) is 25.1 Å². The molecule has 0 saturated carbocycles. The molecule has 3 aliphatic rings. The summed E-state index contributed by atoms with van der Waals surface area (Å²) < 4.78 is 73.2. The van der Waals surface area contributed by atoms with Crippen LogP contribution in [0.2, 0.25) is 0 Å². The molecule has 2 bridgehead atoms. The number of alkyl halides is 1. The number of alkyl carbamates (subject to hydrolysis) is 1. The topological polar surface area (TPSA) is 103 Å². The molecule has 0 aliphatic carbocycles. The molecule has 1 amide bonds. The van der Waals surface area contributed by atoms with Gasteiger partial charge >= 0.3 is 13.2 Å². The van der Waals surface area contributed by atoms with Gasteiger partial charge in [0.15, 0.2) is 14.6 Å². The van der Waals surface area contributed by atoms with E-state index < -0.39 is 67.9 Å². The quantitative estimate of drug-likeness (QED) is 0.566. The average Bonchev–Trinajstić information content (AvgIpc) is 3.15. The van der Waals surface area contributed by atoms with Crippen molar-refractivity contribution in [3.05, 3.63) is 29.6 Å². The number of rotatable bonds is 4. The molecule has 1 N–H and O–H groups in total. The molecule has 3 unspecified atom stereocenters. The minimum atomic E-state index is -4.23. The van der Waals surface area contributed by atoms with Gasteiger partial charge in [-0.2, -0.15) is 0 Å². The van der Waals surface area contributed by atoms with Gasteiger partial charge in [0.1, 0.15) is 29.5 Å². The molecule has 2 fully saturated rings. The number of carbonyl (C=O) groups excluding carboxylic acids is 1. The molecule has 38 heavy (non-hydrogen) atoms. The Morgan fingerprint density at radius 3 is 2.45 bits per heavy atom. The Balaban J connectivity index is 1.82. The van der Waals surface area contributed by atoms with Crippen LogP contribution in [0.15, 0.2) is 23.2 Å². The number of sulfone groups is 1. The minimum absolute atomic E-state index is 0.00321. The third kappa shape index (κ3) is 4.27. The van der Waals surface area contributed by atoms with Gasteiger partial charge in [0.2, 0.25) is 0 Å². The maximum absolute atomic E-state index is 15.5. The zero-order valence-corrected chi connectivity index (χ0v) is 24.1. The lowest BCUT2D eigenvalue weighted by molar-refractivity contribution is -0.0118. The molecule has 0 aromatic heterocycles. The molecule has 12 heteroatoms. The molecule has 0 spiro atoms. The van der Waals surface area contributed by atoms with Gasteiger partial charge in [-0.3, -0.25) is 10.3 Å². The van der Waals surface area contributed by atoms with Gasteiger partial charge in [-0.1, -0.05) is 19.1 Å². The fourth-order valence-electron chi connectivity index (χ4n) is 5.68. The molecule has 1 aromatic carbocycles. The largest absolute Gasteiger partial charge is 0.494 e. The van der Waals surface area contributed by atoms with Crippen molar-refractivity contribution in [1.29, 1.82) is 0 Å². The molecule has 3 heterocycles. The molecule has 3 aliphatic heterocycles. The first-order chi connectivity index (χ1) is 17.4. The second-order valence-corrected chi connectivity index (χ2v) is 14.8. The highest BCUT2D eigenvalue weighted by molar-refractivity contribution is 7.94. The third-order valence-corrected chi connectivity index (χ3v) is 11.5. The van der Waals surface area contributed by atoms with Crippen molar-refractivity contribution in [2.75, 3.05) is 6.67 Å². The Morgan fingerprint density at radius 1 is 1.24 bits per heavy atom. The third-order valence-electron chi connectivity index (χ3n) is 8.49. The summed E-state index contributed by atoms with van der Waals surface area (Å²) >= 11 is 0. The fourth-order valence-corrected chi connectivity index (χ4v) is 8.35. The Morgan fingerprint density at radius 2 is 1.89 bits per heavy atom. The van der Waals surface area contributed by atoms with E-state index in [1.807, 2.05) is 27.7 Å². The van der Waals surface area contributed by atoms with E-state index in [2.05, 4.69) is 10.3 Å². The van der Waals surface area contributed by atoms with Gasteiger partial charge in [-0.05, 0) is 79.3 Å². The van der Waals surface area contributed by atoms with E-state index >= 15 is 4.39 Å². The van der Waals surface area contributed by atoms with E-state index in [0.717, 1.165) is 0 Å². The van der Waals surface area contributed by atoms with Crippen LogP contribution >= 0.6 is 0 Å². The van der Waals surface area contributed by atoms with Crippen molar-refractivity contribution >= 4 is 34.3 Å². The van der Waals surface area contributed by atoms with Crippen LogP contribution in [0.5, 0.6) is 0 Å². The van der Waals surface area contributed by atoms with E-state index in [0.29, 0.717) is 11.9 Å². The predicted octanol–water partition coefficient (Wildman–Crippen LogP) is 3.95. The second-order valence-electron chi connectivity index (χ2n) is 12.3. The second kappa shape index (κ2) is 8.99. The first kappa shape index (κ1) is 29.0. The summed E-state index contributed by atoms with van der Waals surface area (Å²) in [5, 5.41) is 1.20. The van der Waals surface area contributed by atoms with Gasteiger partial charge in [0.05, 0.1) is 16.5 Å². The predicted molar refractivity (Wildman–Crippen MR) is 142 cm³/mol.